The second-order valence-corrected chi connectivity index (χ2v) is 6.63. The highest BCUT2D eigenvalue weighted by atomic mass is 16.5. The number of fused-ring (bicyclic) bond motifs is 2. The van der Waals surface area contributed by atoms with Gasteiger partial charge in [-0.3, -0.25) is 14.2 Å². The Labute approximate surface area is 145 Å². The average Bonchev–Trinajstić information content (AvgIpc) is 3.24. The third kappa shape index (κ3) is 2.61. The van der Waals surface area contributed by atoms with Crippen molar-refractivity contribution in [3.05, 3.63) is 34.9 Å². The van der Waals surface area contributed by atoms with Gasteiger partial charge in [0.15, 0.2) is 5.69 Å². The Morgan fingerprint density at radius 2 is 2.16 bits per heavy atom. The van der Waals surface area contributed by atoms with Crippen LogP contribution in [-0.2, 0) is 42.5 Å². The number of esters is 1. The summed E-state index contributed by atoms with van der Waals surface area (Å²) in [6.07, 6.45) is 4.01. The molecule has 8 nitrogen and oxygen atoms in total. The molecule has 0 fully saturated rings. The molecule has 1 atom stereocenters. The zero-order chi connectivity index (χ0) is 17.6. The van der Waals surface area contributed by atoms with Gasteiger partial charge in [0.05, 0.1) is 7.11 Å². The zero-order valence-electron chi connectivity index (χ0n) is 14.4. The fraction of sp³-hybridized carbons (Fsp3) is 0.529. The number of carbonyl (C=O) groups excluding carboxylic acids is 2. The number of hydrogen-bond acceptors (Lipinski definition) is 5. The van der Waals surface area contributed by atoms with Gasteiger partial charge in [-0.15, -0.1) is 0 Å². The van der Waals surface area contributed by atoms with Crippen molar-refractivity contribution in [2.45, 2.75) is 32.4 Å². The molecule has 0 saturated heterocycles. The lowest BCUT2D eigenvalue weighted by Gasteiger charge is -2.32. The van der Waals surface area contributed by atoms with Gasteiger partial charge in [-0.1, -0.05) is 0 Å². The first-order chi connectivity index (χ1) is 12.1. The van der Waals surface area contributed by atoms with E-state index in [4.69, 9.17) is 4.74 Å². The number of aromatic nitrogens is 4. The summed E-state index contributed by atoms with van der Waals surface area (Å²) in [7, 11) is 3.17. The Morgan fingerprint density at radius 1 is 1.32 bits per heavy atom. The van der Waals surface area contributed by atoms with E-state index in [0.717, 1.165) is 36.3 Å². The molecule has 4 rings (SSSR count). The molecule has 0 aliphatic carbocycles. The second-order valence-electron chi connectivity index (χ2n) is 6.63. The predicted molar refractivity (Wildman–Crippen MR) is 87.7 cm³/mol. The molecule has 8 heteroatoms. The van der Waals surface area contributed by atoms with Crippen LogP contribution in [0.5, 0.6) is 0 Å². The number of rotatable bonds is 2. The van der Waals surface area contributed by atoms with Crippen molar-refractivity contribution in [1.82, 2.24) is 24.5 Å². The molecule has 0 aromatic carbocycles. The van der Waals surface area contributed by atoms with E-state index in [1.54, 1.807) is 10.9 Å². The smallest absolute Gasteiger partial charge is 0.358 e. The van der Waals surface area contributed by atoms with E-state index in [9.17, 15) is 9.59 Å². The molecule has 25 heavy (non-hydrogen) atoms. The van der Waals surface area contributed by atoms with Crippen molar-refractivity contribution in [2.24, 2.45) is 13.0 Å². The fourth-order valence-corrected chi connectivity index (χ4v) is 3.88. The van der Waals surface area contributed by atoms with Crippen LogP contribution in [0.1, 0.15) is 33.9 Å². The predicted octanol–water partition coefficient (Wildman–Crippen LogP) is 0.550. The molecule has 2 aliphatic rings. The molecule has 0 radical (unpaired) electrons. The van der Waals surface area contributed by atoms with E-state index in [0.29, 0.717) is 25.2 Å². The van der Waals surface area contributed by atoms with Gasteiger partial charge in [0, 0.05) is 68.6 Å². The number of methoxy groups -OCH3 is 1. The molecule has 0 N–H and O–H groups in total. The van der Waals surface area contributed by atoms with Crippen molar-refractivity contribution in [3.63, 3.8) is 0 Å². The summed E-state index contributed by atoms with van der Waals surface area (Å²) in [5.41, 5.74) is 3.25. The van der Waals surface area contributed by atoms with E-state index in [2.05, 4.69) is 10.2 Å². The lowest BCUT2D eigenvalue weighted by atomic mass is 9.93. The van der Waals surface area contributed by atoms with Gasteiger partial charge in [0.2, 0.25) is 5.91 Å². The highest BCUT2D eigenvalue weighted by Crippen LogP contribution is 2.27. The normalized spacial score (nSPS) is 19.3. The SMILES string of the molecule is COC(=O)c1nn(C)c2c1CN(C(=O)C1CCn3nccc3C1)CC2. The molecule has 1 amide bonds. The molecule has 2 aliphatic heterocycles. The van der Waals surface area contributed by atoms with Crippen LogP contribution >= 0.6 is 0 Å². The molecule has 4 heterocycles. The lowest BCUT2D eigenvalue weighted by molar-refractivity contribution is -0.137. The van der Waals surface area contributed by atoms with Crippen LogP contribution < -0.4 is 0 Å². The Kier molecular flexibility index (Phi) is 3.82. The van der Waals surface area contributed by atoms with Crippen LogP contribution in [0.15, 0.2) is 12.3 Å². The van der Waals surface area contributed by atoms with Gasteiger partial charge in [-0.05, 0) is 12.5 Å². The van der Waals surface area contributed by atoms with Gasteiger partial charge in [-0.2, -0.15) is 10.2 Å². The van der Waals surface area contributed by atoms with Crippen LogP contribution in [0.25, 0.3) is 0 Å². The minimum Gasteiger partial charge on any atom is -0.464 e. The summed E-state index contributed by atoms with van der Waals surface area (Å²) < 4.78 is 8.52. The third-order valence-corrected chi connectivity index (χ3v) is 5.23. The number of carbonyl (C=O) groups is 2. The van der Waals surface area contributed by atoms with Gasteiger partial charge in [0.1, 0.15) is 0 Å². The minimum atomic E-state index is -0.451. The average molecular weight is 343 g/mol. The van der Waals surface area contributed by atoms with Crippen molar-refractivity contribution in [3.8, 4) is 0 Å². The summed E-state index contributed by atoms with van der Waals surface area (Å²) in [4.78, 5) is 26.8. The quantitative estimate of drug-likeness (QED) is 0.744. The monoisotopic (exact) mass is 343 g/mol. The van der Waals surface area contributed by atoms with Crippen molar-refractivity contribution < 1.29 is 14.3 Å². The van der Waals surface area contributed by atoms with Gasteiger partial charge < -0.3 is 9.64 Å². The van der Waals surface area contributed by atoms with Gasteiger partial charge in [0.25, 0.3) is 0 Å². The van der Waals surface area contributed by atoms with Crippen molar-refractivity contribution >= 4 is 11.9 Å². The number of nitrogens with zero attached hydrogens (tertiary/aromatic N) is 5. The number of aryl methyl sites for hydroxylation is 2. The lowest BCUT2D eigenvalue weighted by Crippen LogP contribution is -2.42. The molecule has 132 valence electrons. The van der Waals surface area contributed by atoms with E-state index in [1.807, 2.05) is 22.7 Å². The highest BCUT2D eigenvalue weighted by Gasteiger charge is 2.34. The Bertz CT molecular complexity index is 837. The largest absolute Gasteiger partial charge is 0.464 e. The summed E-state index contributed by atoms with van der Waals surface area (Å²) in [6.45, 7) is 1.85. The van der Waals surface area contributed by atoms with Gasteiger partial charge in [-0.25, -0.2) is 4.79 Å². The number of hydrogen-bond donors (Lipinski definition) is 0. The van der Waals surface area contributed by atoms with E-state index >= 15 is 0 Å². The molecular weight excluding hydrogens is 322 g/mol. The Morgan fingerprint density at radius 3 is 2.96 bits per heavy atom. The summed E-state index contributed by atoms with van der Waals surface area (Å²) in [6, 6.07) is 1.98. The van der Waals surface area contributed by atoms with Gasteiger partial charge >= 0.3 is 5.97 Å². The molecule has 2 aromatic rings. The van der Waals surface area contributed by atoms with E-state index < -0.39 is 5.97 Å². The molecule has 0 bridgehead atoms. The first-order valence-corrected chi connectivity index (χ1v) is 8.51. The maximum atomic E-state index is 13.0. The number of ether oxygens (including phenoxy) is 1. The van der Waals surface area contributed by atoms with Crippen molar-refractivity contribution in [1.29, 1.82) is 0 Å². The second kappa shape index (κ2) is 6.02. The first kappa shape index (κ1) is 15.9. The van der Waals surface area contributed by atoms with E-state index in [-0.39, 0.29) is 11.8 Å². The van der Waals surface area contributed by atoms with Crippen LogP contribution in [0.4, 0.5) is 0 Å². The minimum absolute atomic E-state index is 0.0241. The molecule has 0 spiro atoms. The molecule has 0 saturated carbocycles. The molecule has 1 unspecified atom stereocenters. The molecular formula is C17H21N5O3. The Balaban J connectivity index is 1.54. The zero-order valence-corrected chi connectivity index (χ0v) is 14.4. The van der Waals surface area contributed by atoms with Crippen LogP contribution in [0.2, 0.25) is 0 Å². The fourth-order valence-electron chi connectivity index (χ4n) is 3.88. The summed E-state index contributed by atoms with van der Waals surface area (Å²) in [5, 5.41) is 8.55. The first-order valence-electron chi connectivity index (χ1n) is 8.51. The maximum Gasteiger partial charge on any atom is 0.358 e. The van der Waals surface area contributed by atoms with Crippen LogP contribution in [-0.4, -0.2) is 50.0 Å². The Hall–Kier alpha value is -2.64. The standard InChI is InChI=1S/C17H21N5O3/c1-20-14-5-7-21(10-13(14)15(19-20)17(24)25-2)16(23)11-4-8-22-12(9-11)3-6-18-22/h3,6,11H,4-5,7-10H2,1-2H3. The van der Waals surface area contributed by atoms with Crippen LogP contribution in [0, 0.1) is 5.92 Å². The highest BCUT2D eigenvalue weighted by molar-refractivity contribution is 5.89. The van der Waals surface area contributed by atoms with E-state index in [1.165, 1.54) is 7.11 Å². The number of amides is 1. The van der Waals surface area contributed by atoms with Crippen LogP contribution in [0.3, 0.4) is 0 Å². The topological polar surface area (TPSA) is 82.3 Å². The third-order valence-electron chi connectivity index (χ3n) is 5.23. The maximum absolute atomic E-state index is 13.0. The molecule has 2 aromatic heterocycles. The summed E-state index contributed by atoms with van der Waals surface area (Å²) in [5.74, 6) is -0.325. The van der Waals surface area contributed by atoms with Crippen molar-refractivity contribution in [2.75, 3.05) is 13.7 Å². The summed E-state index contributed by atoms with van der Waals surface area (Å²) >= 11 is 0.